The highest BCUT2D eigenvalue weighted by Gasteiger charge is 2.47. The van der Waals surface area contributed by atoms with E-state index in [-0.39, 0.29) is 16.8 Å². The molecule has 0 saturated carbocycles. The number of amides is 1. The Morgan fingerprint density at radius 1 is 0.917 bits per heavy atom. The topological polar surface area (TPSA) is 79.3 Å². The first kappa shape index (κ1) is 23.3. The average Bonchev–Trinajstić information content (AvgIpc) is 3.15. The third-order valence-electron chi connectivity index (χ3n) is 6.17. The van der Waals surface area contributed by atoms with Crippen molar-refractivity contribution in [3.8, 4) is 11.5 Å². The van der Waals surface area contributed by atoms with Crippen LogP contribution < -0.4 is 19.3 Å². The van der Waals surface area contributed by atoms with Crippen molar-refractivity contribution in [2.45, 2.75) is 6.04 Å². The maximum Gasteiger partial charge on any atom is 0.300 e. The molecule has 9 heteroatoms. The summed E-state index contributed by atoms with van der Waals surface area (Å²) in [5.41, 5.74) is 1.43. The molecule has 0 bridgehead atoms. The number of nitrogens with zero attached hydrogens (tertiary/aromatic N) is 2. The van der Waals surface area contributed by atoms with Gasteiger partial charge in [-0.05, 0) is 48.0 Å². The summed E-state index contributed by atoms with van der Waals surface area (Å²) in [5.74, 6) is -3.70. The lowest BCUT2D eigenvalue weighted by Crippen LogP contribution is -2.29. The summed E-state index contributed by atoms with van der Waals surface area (Å²) in [4.78, 5) is 29.4. The predicted octanol–water partition coefficient (Wildman–Crippen LogP) is 4.43. The van der Waals surface area contributed by atoms with E-state index in [1.807, 2.05) is 19.0 Å². The largest absolute Gasteiger partial charge is 0.507 e. The van der Waals surface area contributed by atoms with Gasteiger partial charge in [0.05, 0.1) is 11.6 Å². The number of anilines is 2. The number of carbonyl (C=O) groups is 2. The molecule has 3 aromatic carbocycles. The standard InChI is InChI=1S/C27H22F2N2O5/c1-30(2)17-6-3-15(4-7-17)24-23(25(32)16-5-10-21-22(13-16)36-12-11-35-21)26(33)27(34)31(24)18-8-9-19(28)20(29)14-18/h3-10,13-14,24,32H,11-12H2,1-2H3/b25-23-. The molecule has 2 heterocycles. The average molecular weight is 492 g/mol. The van der Waals surface area contributed by atoms with Crippen molar-refractivity contribution in [1.82, 2.24) is 0 Å². The zero-order chi connectivity index (χ0) is 25.6. The third-order valence-corrected chi connectivity index (χ3v) is 6.17. The fourth-order valence-corrected chi connectivity index (χ4v) is 4.35. The number of rotatable bonds is 4. The van der Waals surface area contributed by atoms with Gasteiger partial charge in [0.2, 0.25) is 0 Å². The third kappa shape index (κ3) is 3.92. The highest BCUT2D eigenvalue weighted by atomic mass is 19.2. The maximum absolute atomic E-state index is 14.1. The molecule has 2 aliphatic rings. The van der Waals surface area contributed by atoms with Crippen LogP contribution in [0.1, 0.15) is 17.2 Å². The fourth-order valence-electron chi connectivity index (χ4n) is 4.35. The van der Waals surface area contributed by atoms with E-state index in [1.54, 1.807) is 36.4 Å². The highest BCUT2D eigenvalue weighted by Crippen LogP contribution is 2.43. The lowest BCUT2D eigenvalue weighted by Gasteiger charge is -2.26. The highest BCUT2D eigenvalue weighted by molar-refractivity contribution is 6.51. The van der Waals surface area contributed by atoms with Gasteiger partial charge < -0.3 is 19.5 Å². The monoisotopic (exact) mass is 492 g/mol. The van der Waals surface area contributed by atoms with E-state index in [2.05, 4.69) is 0 Å². The number of fused-ring (bicyclic) bond motifs is 1. The van der Waals surface area contributed by atoms with Crippen molar-refractivity contribution in [2.75, 3.05) is 37.1 Å². The van der Waals surface area contributed by atoms with Crippen molar-refractivity contribution in [3.63, 3.8) is 0 Å². The Labute approximate surface area is 205 Å². The Morgan fingerprint density at radius 2 is 1.61 bits per heavy atom. The number of hydrogen-bond acceptors (Lipinski definition) is 6. The van der Waals surface area contributed by atoms with E-state index in [4.69, 9.17) is 9.47 Å². The smallest absolute Gasteiger partial charge is 0.300 e. The van der Waals surface area contributed by atoms with Gasteiger partial charge in [-0.1, -0.05) is 12.1 Å². The van der Waals surface area contributed by atoms with E-state index in [9.17, 15) is 23.5 Å². The molecule has 1 amide bonds. The summed E-state index contributed by atoms with van der Waals surface area (Å²) in [6, 6.07) is 13.6. The maximum atomic E-state index is 14.1. The Kier molecular flexibility index (Phi) is 5.83. The molecule has 5 rings (SSSR count). The Hall–Kier alpha value is -4.40. The van der Waals surface area contributed by atoms with Gasteiger partial charge >= 0.3 is 0 Å². The lowest BCUT2D eigenvalue weighted by atomic mass is 9.94. The second kappa shape index (κ2) is 8.99. The van der Waals surface area contributed by atoms with Crippen LogP contribution in [0.4, 0.5) is 20.2 Å². The van der Waals surface area contributed by atoms with Gasteiger partial charge in [-0.3, -0.25) is 14.5 Å². The van der Waals surface area contributed by atoms with Crippen molar-refractivity contribution in [1.29, 1.82) is 0 Å². The molecule has 1 saturated heterocycles. The molecule has 0 radical (unpaired) electrons. The molecule has 0 aliphatic carbocycles. The Morgan fingerprint density at radius 3 is 2.28 bits per heavy atom. The minimum Gasteiger partial charge on any atom is -0.507 e. The molecule has 3 aromatic rings. The van der Waals surface area contributed by atoms with E-state index in [1.165, 1.54) is 12.1 Å². The van der Waals surface area contributed by atoms with E-state index in [0.717, 1.165) is 22.7 Å². The van der Waals surface area contributed by atoms with Crippen LogP contribution in [0, 0.1) is 11.6 Å². The number of ether oxygens (including phenoxy) is 2. The first-order valence-electron chi connectivity index (χ1n) is 11.2. The molecule has 184 valence electrons. The van der Waals surface area contributed by atoms with Crippen LogP contribution in [0.2, 0.25) is 0 Å². The molecule has 0 aromatic heterocycles. The molecular formula is C27H22F2N2O5. The number of aliphatic hydroxyl groups excluding tert-OH is 1. The van der Waals surface area contributed by atoms with Crippen LogP contribution in [0.25, 0.3) is 5.76 Å². The molecule has 7 nitrogen and oxygen atoms in total. The van der Waals surface area contributed by atoms with Gasteiger partial charge in [0.1, 0.15) is 19.0 Å². The number of hydrogen-bond donors (Lipinski definition) is 1. The molecule has 1 N–H and O–H groups in total. The molecule has 1 unspecified atom stereocenters. The van der Waals surface area contributed by atoms with Crippen molar-refractivity contribution >= 4 is 28.8 Å². The van der Waals surface area contributed by atoms with E-state index < -0.39 is 35.1 Å². The van der Waals surface area contributed by atoms with Crippen LogP contribution in [-0.4, -0.2) is 44.1 Å². The number of Topliss-reactive ketones (excluding diaryl/α,β-unsaturated/α-hetero) is 1. The number of halogens is 2. The van der Waals surface area contributed by atoms with Crippen molar-refractivity contribution in [2.24, 2.45) is 0 Å². The van der Waals surface area contributed by atoms with Crippen LogP contribution in [-0.2, 0) is 9.59 Å². The number of carbonyl (C=O) groups excluding carboxylic acids is 2. The molecule has 1 fully saturated rings. The second-order valence-electron chi connectivity index (χ2n) is 8.61. The summed E-state index contributed by atoms with van der Waals surface area (Å²) in [6.45, 7) is 0.719. The van der Waals surface area contributed by atoms with Gasteiger partial charge in [0.15, 0.2) is 23.1 Å². The number of aliphatic hydroxyl groups is 1. The molecule has 36 heavy (non-hydrogen) atoms. The minimum absolute atomic E-state index is 0.0149. The van der Waals surface area contributed by atoms with Crippen LogP contribution in [0.3, 0.4) is 0 Å². The second-order valence-corrected chi connectivity index (χ2v) is 8.61. The summed E-state index contributed by atoms with van der Waals surface area (Å²) < 4.78 is 38.9. The summed E-state index contributed by atoms with van der Waals surface area (Å²) in [6.07, 6.45) is 0. The first-order chi connectivity index (χ1) is 17.3. The Bertz CT molecular complexity index is 1400. The van der Waals surface area contributed by atoms with Gasteiger partial charge in [-0.25, -0.2) is 8.78 Å². The summed E-state index contributed by atoms with van der Waals surface area (Å²) >= 11 is 0. The SMILES string of the molecule is CN(C)c1ccc(C2/C(=C(/O)c3ccc4c(c3)OCCO4)C(=O)C(=O)N2c2ccc(F)c(F)c2)cc1. The fraction of sp³-hybridized carbons (Fsp3) is 0.185. The lowest BCUT2D eigenvalue weighted by molar-refractivity contribution is -0.132. The minimum atomic E-state index is -1.16. The quantitative estimate of drug-likeness (QED) is 0.330. The first-order valence-corrected chi connectivity index (χ1v) is 11.2. The summed E-state index contributed by atoms with van der Waals surface area (Å²) in [5, 5.41) is 11.3. The molecular weight excluding hydrogens is 470 g/mol. The van der Waals surface area contributed by atoms with Crippen LogP contribution in [0.5, 0.6) is 11.5 Å². The van der Waals surface area contributed by atoms with Crippen molar-refractivity contribution < 1.29 is 33.0 Å². The zero-order valence-electron chi connectivity index (χ0n) is 19.5. The predicted molar refractivity (Wildman–Crippen MR) is 129 cm³/mol. The van der Waals surface area contributed by atoms with Gasteiger partial charge in [0, 0.05) is 37.1 Å². The van der Waals surface area contributed by atoms with Crippen LogP contribution >= 0.6 is 0 Å². The molecule has 0 spiro atoms. The van der Waals surface area contributed by atoms with Gasteiger partial charge in [-0.15, -0.1) is 0 Å². The van der Waals surface area contributed by atoms with E-state index >= 15 is 0 Å². The normalized spacial score (nSPS) is 18.4. The molecule has 1 atom stereocenters. The number of benzene rings is 3. The van der Waals surface area contributed by atoms with E-state index in [0.29, 0.717) is 30.3 Å². The zero-order valence-corrected chi connectivity index (χ0v) is 19.5. The van der Waals surface area contributed by atoms with Crippen molar-refractivity contribution in [3.05, 3.63) is 89.0 Å². The van der Waals surface area contributed by atoms with Crippen LogP contribution in [0.15, 0.2) is 66.2 Å². The van der Waals surface area contributed by atoms with Gasteiger partial charge in [-0.2, -0.15) is 0 Å². The summed E-state index contributed by atoms with van der Waals surface area (Å²) in [7, 11) is 3.73. The number of ketones is 1. The van der Waals surface area contributed by atoms with Gasteiger partial charge in [0.25, 0.3) is 11.7 Å². The Balaban J connectivity index is 1.69. The molecule has 2 aliphatic heterocycles.